The quantitative estimate of drug-likeness (QED) is 0.745. The molecular weight excluding hydrogens is 212 g/mol. The molecule has 16 heavy (non-hydrogen) atoms. The molecular formula is C10H16N2O4. The van der Waals surface area contributed by atoms with Crippen LogP contribution in [0.3, 0.4) is 0 Å². The fraction of sp³-hybridized carbons (Fsp3) is 0.600. The van der Waals surface area contributed by atoms with Crippen molar-refractivity contribution in [2.75, 3.05) is 6.61 Å². The van der Waals surface area contributed by atoms with E-state index in [0.29, 0.717) is 5.56 Å². The molecule has 0 radical (unpaired) electrons. The second kappa shape index (κ2) is 5.09. The number of aromatic nitrogens is 2. The normalized spacial score (nSPS) is 14.8. The van der Waals surface area contributed by atoms with Crippen LogP contribution in [0.15, 0.2) is 15.8 Å². The van der Waals surface area contributed by atoms with Crippen LogP contribution < -0.4 is 11.2 Å². The first-order valence-corrected chi connectivity index (χ1v) is 5.04. The number of rotatable bonds is 4. The number of aryl methyl sites for hydroxylation is 1. The highest BCUT2D eigenvalue weighted by Crippen LogP contribution is 2.07. The zero-order valence-corrected chi connectivity index (χ0v) is 9.56. The Balaban J connectivity index is 3.00. The van der Waals surface area contributed by atoms with Crippen molar-refractivity contribution in [1.82, 2.24) is 9.55 Å². The fourth-order valence-corrected chi connectivity index (χ4v) is 1.30. The summed E-state index contributed by atoms with van der Waals surface area (Å²) >= 11 is 0. The van der Waals surface area contributed by atoms with Gasteiger partial charge in [-0.1, -0.05) is 0 Å². The van der Waals surface area contributed by atoms with Gasteiger partial charge in [-0.25, -0.2) is 4.79 Å². The van der Waals surface area contributed by atoms with Gasteiger partial charge >= 0.3 is 5.69 Å². The molecule has 0 aliphatic heterocycles. The number of nitrogens with zero attached hydrogens (tertiary/aromatic N) is 1. The lowest BCUT2D eigenvalue weighted by Crippen LogP contribution is -2.34. The first kappa shape index (κ1) is 12.7. The Labute approximate surface area is 92.5 Å². The number of aliphatic hydroxyl groups excluding tert-OH is 1. The topological polar surface area (TPSA) is 84.3 Å². The summed E-state index contributed by atoms with van der Waals surface area (Å²) < 4.78 is 6.63. The molecule has 0 aliphatic rings. The lowest BCUT2D eigenvalue weighted by molar-refractivity contribution is -0.0581. The average Bonchev–Trinajstić information content (AvgIpc) is 2.23. The summed E-state index contributed by atoms with van der Waals surface area (Å²) in [4.78, 5) is 24.8. The zero-order valence-electron chi connectivity index (χ0n) is 9.56. The molecule has 1 aromatic rings. The number of aromatic amines is 1. The molecule has 0 amide bonds. The molecule has 0 bridgehead atoms. The van der Waals surface area contributed by atoms with Crippen molar-refractivity contribution >= 4 is 0 Å². The number of ether oxygens (including phenoxy) is 1. The smallest absolute Gasteiger partial charge is 0.330 e. The van der Waals surface area contributed by atoms with Gasteiger partial charge in [-0.05, 0) is 20.8 Å². The molecule has 2 atom stereocenters. The maximum absolute atomic E-state index is 11.5. The van der Waals surface area contributed by atoms with Gasteiger partial charge in [0.05, 0.1) is 12.7 Å². The molecule has 0 unspecified atom stereocenters. The molecule has 6 heteroatoms. The van der Waals surface area contributed by atoms with Crippen molar-refractivity contribution < 1.29 is 9.84 Å². The van der Waals surface area contributed by atoms with Gasteiger partial charge in [0.1, 0.15) is 6.23 Å². The fourth-order valence-electron chi connectivity index (χ4n) is 1.30. The van der Waals surface area contributed by atoms with Crippen molar-refractivity contribution in [3.8, 4) is 0 Å². The Bertz CT molecular complexity index is 463. The van der Waals surface area contributed by atoms with E-state index in [1.807, 2.05) is 0 Å². The molecule has 6 nitrogen and oxygen atoms in total. The Morgan fingerprint density at radius 3 is 2.69 bits per heavy atom. The van der Waals surface area contributed by atoms with Crippen molar-refractivity contribution in [2.24, 2.45) is 0 Å². The summed E-state index contributed by atoms with van der Waals surface area (Å²) in [6.07, 6.45) is 0.537. The molecule has 90 valence electrons. The van der Waals surface area contributed by atoms with E-state index in [1.54, 1.807) is 20.8 Å². The molecule has 0 saturated heterocycles. The minimum Gasteiger partial charge on any atom is -0.394 e. The maximum Gasteiger partial charge on any atom is 0.330 e. The summed E-state index contributed by atoms with van der Waals surface area (Å²) in [6, 6.07) is 0. The number of H-pyrrole nitrogens is 1. The van der Waals surface area contributed by atoms with Gasteiger partial charge in [0.25, 0.3) is 5.56 Å². The van der Waals surface area contributed by atoms with Crippen molar-refractivity contribution in [1.29, 1.82) is 0 Å². The number of hydrogen-bond donors (Lipinski definition) is 2. The second-order valence-corrected chi connectivity index (χ2v) is 3.71. The van der Waals surface area contributed by atoms with E-state index in [4.69, 9.17) is 9.84 Å². The van der Waals surface area contributed by atoms with Crippen molar-refractivity contribution in [3.63, 3.8) is 0 Å². The van der Waals surface area contributed by atoms with Crippen molar-refractivity contribution in [2.45, 2.75) is 33.1 Å². The standard InChI is InChI=1S/C10H16N2O4/c1-6-4-12(10(15)11-9(6)14)8(3)16-7(2)5-13/h4,7-8,13H,5H2,1-3H3,(H,11,14,15)/t7-,8-/m1/s1. The summed E-state index contributed by atoms with van der Waals surface area (Å²) in [7, 11) is 0. The predicted molar refractivity (Wildman–Crippen MR) is 58.4 cm³/mol. The first-order valence-electron chi connectivity index (χ1n) is 5.04. The molecule has 1 rings (SSSR count). The van der Waals surface area contributed by atoms with E-state index in [-0.39, 0.29) is 12.7 Å². The summed E-state index contributed by atoms with van der Waals surface area (Å²) in [5.74, 6) is 0. The number of aliphatic hydroxyl groups is 1. The zero-order chi connectivity index (χ0) is 12.3. The van der Waals surface area contributed by atoms with Gasteiger partial charge in [0, 0.05) is 11.8 Å². The highest BCUT2D eigenvalue weighted by atomic mass is 16.5. The first-order chi connectivity index (χ1) is 7.45. The molecule has 0 spiro atoms. The van der Waals surface area contributed by atoms with Crippen LogP contribution in [-0.4, -0.2) is 27.4 Å². The summed E-state index contributed by atoms with van der Waals surface area (Å²) in [6.45, 7) is 4.85. The Morgan fingerprint density at radius 2 is 2.12 bits per heavy atom. The van der Waals surface area contributed by atoms with E-state index in [0.717, 1.165) is 0 Å². The van der Waals surface area contributed by atoms with Crippen LogP contribution >= 0.6 is 0 Å². The number of hydrogen-bond acceptors (Lipinski definition) is 4. The van der Waals surface area contributed by atoms with Crippen LogP contribution in [-0.2, 0) is 4.74 Å². The van der Waals surface area contributed by atoms with Gasteiger partial charge in [-0.15, -0.1) is 0 Å². The van der Waals surface area contributed by atoms with Crippen LogP contribution in [0.2, 0.25) is 0 Å². The van der Waals surface area contributed by atoms with Gasteiger partial charge in [-0.2, -0.15) is 0 Å². The molecule has 2 N–H and O–H groups in total. The van der Waals surface area contributed by atoms with Gasteiger partial charge in [-0.3, -0.25) is 14.3 Å². The van der Waals surface area contributed by atoms with Crippen LogP contribution in [0.5, 0.6) is 0 Å². The van der Waals surface area contributed by atoms with Crippen molar-refractivity contribution in [3.05, 3.63) is 32.6 Å². The highest BCUT2D eigenvalue weighted by molar-refractivity contribution is 5.01. The van der Waals surface area contributed by atoms with Gasteiger partial charge in [0.2, 0.25) is 0 Å². The third kappa shape index (κ3) is 2.80. The molecule has 0 aliphatic carbocycles. The van der Waals surface area contributed by atoms with Crippen LogP contribution in [0.4, 0.5) is 0 Å². The van der Waals surface area contributed by atoms with Crippen LogP contribution in [0.25, 0.3) is 0 Å². The number of nitrogens with one attached hydrogen (secondary N) is 1. The van der Waals surface area contributed by atoms with Crippen LogP contribution in [0.1, 0.15) is 25.6 Å². The Morgan fingerprint density at radius 1 is 1.50 bits per heavy atom. The Kier molecular flexibility index (Phi) is 4.03. The monoisotopic (exact) mass is 228 g/mol. The van der Waals surface area contributed by atoms with Gasteiger partial charge in [0.15, 0.2) is 0 Å². The minimum absolute atomic E-state index is 0.124. The molecule has 0 saturated carbocycles. The third-order valence-corrected chi connectivity index (χ3v) is 2.22. The van der Waals surface area contributed by atoms with E-state index in [1.165, 1.54) is 10.8 Å². The lowest BCUT2D eigenvalue weighted by atomic mass is 10.4. The summed E-state index contributed by atoms with van der Waals surface area (Å²) in [5, 5.41) is 8.83. The van der Waals surface area contributed by atoms with E-state index >= 15 is 0 Å². The molecule has 1 heterocycles. The lowest BCUT2D eigenvalue weighted by Gasteiger charge is -2.19. The summed E-state index contributed by atoms with van der Waals surface area (Å²) in [5.41, 5.74) is -0.483. The third-order valence-electron chi connectivity index (χ3n) is 2.22. The minimum atomic E-state index is -0.537. The predicted octanol–water partition coefficient (Wildman–Crippen LogP) is -0.239. The second-order valence-electron chi connectivity index (χ2n) is 3.71. The van der Waals surface area contributed by atoms with Gasteiger partial charge < -0.3 is 9.84 Å². The van der Waals surface area contributed by atoms with E-state index in [9.17, 15) is 9.59 Å². The highest BCUT2D eigenvalue weighted by Gasteiger charge is 2.11. The molecule has 0 fully saturated rings. The maximum atomic E-state index is 11.5. The SMILES string of the molecule is Cc1cn([C@@H](C)O[C@H](C)CO)c(=O)[nH]c1=O. The largest absolute Gasteiger partial charge is 0.394 e. The van der Waals surface area contributed by atoms with E-state index < -0.39 is 17.5 Å². The average molecular weight is 228 g/mol. The van der Waals surface area contributed by atoms with Crippen LogP contribution in [0, 0.1) is 6.92 Å². The molecule has 0 aromatic carbocycles. The Hall–Kier alpha value is -1.40. The molecule has 1 aromatic heterocycles. The van der Waals surface area contributed by atoms with E-state index in [2.05, 4.69) is 4.98 Å².